The van der Waals surface area contributed by atoms with Crippen molar-refractivity contribution >= 4 is 5.91 Å². The van der Waals surface area contributed by atoms with Crippen LogP contribution in [0.2, 0.25) is 0 Å². The molecule has 1 rings (SSSR count). The summed E-state index contributed by atoms with van der Waals surface area (Å²) in [5.74, 6) is 0.0384. The highest BCUT2D eigenvalue weighted by Crippen LogP contribution is 2.16. The van der Waals surface area contributed by atoms with Crippen LogP contribution in [-0.4, -0.2) is 35.4 Å². The summed E-state index contributed by atoms with van der Waals surface area (Å²) in [6.45, 7) is 8.02. The number of aromatic nitrogens is 1. The van der Waals surface area contributed by atoms with Gasteiger partial charge in [-0.25, -0.2) is 0 Å². The maximum Gasteiger partial charge on any atom is 0.253 e. The molecule has 1 aromatic heterocycles. The summed E-state index contributed by atoms with van der Waals surface area (Å²) in [7, 11) is 0. The zero-order valence-corrected chi connectivity index (χ0v) is 10.8. The number of hydrogen-bond acceptors (Lipinski definition) is 3. The molecule has 0 radical (unpaired) electrons. The molecule has 17 heavy (non-hydrogen) atoms. The summed E-state index contributed by atoms with van der Waals surface area (Å²) in [5.41, 5.74) is 6.32. The third-order valence-corrected chi connectivity index (χ3v) is 2.77. The smallest absolute Gasteiger partial charge is 0.253 e. The lowest BCUT2D eigenvalue weighted by molar-refractivity contribution is 0.0700. The van der Waals surface area contributed by atoms with Crippen LogP contribution in [0.4, 0.5) is 0 Å². The number of rotatable bonds is 5. The molecular formula is C13H21N3O. The Morgan fingerprint density at radius 1 is 1.41 bits per heavy atom. The van der Waals surface area contributed by atoms with E-state index in [2.05, 4.69) is 18.8 Å². The fourth-order valence-electron chi connectivity index (χ4n) is 1.59. The van der Waals surface area contributed by atoms with E-state index < -0.39 is 0 Å². The zero-order chi connectivity index (χ0) is 12.9. The third kappa shape index (κ3) is 3.82. The standard InChI is InChI=1S/C13H21N3O/c1-4-16(10-13(2,3)9-14)12(17)11-5-7-15-8-6-11/h5-8H,4,9-10,14H2,1-3H3. The second kappa shape index (κ2) is 5.77. The first-order valence-corrected chi connectivity index (χ1v) is 5.89. The van der Waals surface area contributed by atoms with Gasteiger partial charge in [-0.15, -0.1) is 0 Å². The van der Waals surface area contributed by atoms with Gasteiger partial charge in [-0.05, 0) is 31.0 Å². The van der Waals surface area contributed by atoms with E-state index in [4.69, 9.17) is 5.73 Å². The second-order valence-electron chi connectivity index (χ2n) is 4.92. The van der Waals surface area contributed by atoms with Crippen LogP contribution in [0.5, 0.6) is 0 Å². The first-order valence-electron chi connectivity index (χ1n) is 5.89. The lowest BCUT2D eigenvalue weighted by Gasteiger charge is -2.31. The molecule has 1 aromatic rings. The summed E-state index contributed by atoms with van der Waals surface area (Å²) < 4.78 is 0. The molecule has 0 atom stereocenters. The minimum absolute atomic E-state index is 0.0384. The number of amides is 1. The number of nitrogens with two attached hydrogens (primary N) is 1. The van der Waals surface area contributed by atoms with Crippen LogP contribution >= 0.6 is 0 Å². The lowest BCUT2D eigenvalue weighted by atomic mass is 9.93. The van der Waals surface area contributed by atoms with E-state index >= 15 is 0 Å². The monoisotopic (exact) mass is 235 g/mol. The van der Waals surface area contributed by atoms with Gasteiger partial charge in [-0.1, -0.05) is 13.8 Å². The van der Waals surface area contributed by atoms with Gasteiger partial charge in [0, 0.05) is 31.0 Å². The Bertz CT molecular complexity index is 362. The van der Waals surface area contributed by atoms with Crippen LogP contribution in [0.3, 0.4) is 0 Å². The van der Waals surface area contributed by atoms with Crippen LogP contribution in [0.1, 0.15) is 31.1 Å². The van der Waals surface area contributed by atoms with Gasteiger partial charge in [0.2, 0.25) is 0 Å². The van der Waals surface area contributed by atoms with Crippen molar-refractivity contribution in [2.75, 3.05) is 19.6 Å². The minimum Gasteiger partial charge on any atom is -0.338 e. The van der Waals surface area contributed by atoms with Crippen molar-refractivity contribution in [3.8, 4) is 0 Å². The van der Waals surface area contributed by atoms with E-state index in [-0.39, 0.29) is 11.3 Å². The zero-order valence-electron chi connectivity index (χ0n) is 10.8. The first-order chi connectivity index (χ1) is 8.00. The predicted molar refractivity (Wildman–Crippen MR) is 68.6 cm³/mol. The average Bonchev–Trinajstić information content (AvgIpc) is 2.36. The third-order valence-electron chi connectivity index (χ3n) is 2.77. The van der Waals surface area contributed by atoms with Crippen molar-refractivity contribution in [1.29, 1.82) is 0 Å². The molecule has 0 aliphatic heterocycles. The summed E-state index contributed by atoms with van der Waals surface area (Å²) in [5, 5.41) is 0. The molecule has 0 bridgehead atoms. The molecule has 0 unspecified atom stereocenters. The van der Waals surface area contributed by atoms with E-state index in [0.717, 1.165) is 0 Å². The molecule has 0 aromatic carbocycles. The minimum atomic E-state index is -0.0568. The molecule has 4 nitrogen and oxygen atoms in total. The van der Waals surface area contributed by atoms with Crippen molar-refractivity contribution in [3.05, 3.63) is 30.1 Å². The summed E-state index contributed by atoms with van der Waals surface area (Å²) in [4.78, 5) is 18.0. The number of hydrogen-bond donors (Lipinski definition) is 1. The van der Waals surface area contributed by atoms with Crippen LogP contribution in [0.25, 0.3) is 0 Å². The number of carbonyl (C=O) groups excluding carboxylic acids is 1. The Labute approximate surface area is 103 Å². The van der Waals surface area contributed by atoms with E-state index in [1.54, 1.807) is 24.5 Å². The highest BCUT2D eigenvalue weighted by Gasteiger charge is 2.23. The van der Waals surface area contributed by atoms with Crippen molar-refractivity contribution in [1.82, 2.24) is 9.88 Å². The summed E-state index contributed by atoms with van der Waals surface area (Å²) >= 11 is 0. The predicted octanol–water partition coefficient (Wildman–Crippen LogP) is 1.53. The Morgan fingerprint density at radius 3 is 2.47 bits per heavy atom. The van der Waals surface area contributed by atoms with Gasteiger partial charge >= 0.3 is 0 Å². The van der Waals surface area contributed by atoms with Gasteiger partial charge in [0.1, 0.15) is 0 Å². The topological polar surface area (TPSA) is 59.2 Å². The lowest BCUT2D eigenvalue weighted by Crippen LogP contribution is -2.41. The Morgan fingerprint density at radius 2 is 2.00 bits per heavy atom. The quantitative estimate of drug-likeness (QED) is 0.842. The Hall–Kier alpha value is -1.42. The maximum absolute atomic E-state index is 12.2. The van der Waals surface area contributed by atoms with E-state index in [1.165, 1.54) is 0 Å². The molecule has 0 aliphatic carbocycles. The van der Waals surface area contributed by atoms with Crippen LogP contribution in [0.15, 0.2) is 24.5 Å². The second-order valence-corrected chi connectivity index (χ2v) is 4.92. The molecule has 2 N–H and O–H groups in total. The normalized spacial score (nSPS) is 11.3. The first kappa shape index (κ1) is 13.6. The van der Waals surface area contributed by atoms with E-state index in [9.17, 15) is 4.79 Å². The molecule has 0 saturated heterocycles. The van der Waals surface area contributed by atoms with Gasteiger partial charge in [-0.3, -0.25) is 9.78 Å². The van der Waals surface area contributed by atoms with Crippen LogP contribution < -0.4 is 5.73 Å². The fourth-order valence-corrected chi connectivity index (χ4v) is 1.59. The molecule has 0 spiro atoms. The molecule has 1 amide bonds. The summed E-state index contributed by atoms with van der Waals surface area (Å²) in [6, 6.07) is 3.47. The molecule has 0 saturated carbocycles. The van der Waals surface area contributed by atoms with E-state index in [0.29, 0.717) is 25.2 Å². The molecular weight excluding hydrogens is 214 g/mol. The maximum atomic E-state index is 12.2. The molecule has 0 fully saturated rings. The SMILES string of the molecule is CCN(CC(C)(C)CN)C(=O)c1ccncc1. The van der Waals surface area contributed by atoms with Crippen LogP contribution in [-0.2, 0) is 0 Å². The number of pyridine rings is 1. The van der Waals surface area contributed by atoms with Gasteiger partial charge in [0.25, 0.3) is 5.91 Å². The fraction of sp³-hybridized carbons (Fsp3) is 0.538. The van der Waals surface area contributed by atoms with Gasteiger partial charge < -0.3 is 10.6 Å². The number of carbonyl (C=O) groups is 1. The summed E-state index contributed by atoms with van der Waals surface area (Å²) in [6.07, 6.45) is 3.27. The van der Waals surface area contributed by atoms with Crippen molar-refractivity contribution in [2.45, 2.75) is 20.8 Å². The van der Waals surface area contributed by atoms with E-state index in [1.807, 2.05) is 11.8 Å². The largest absolute Gasteiger partial charge is 0.338 e. The highest BCUT2D eigenvalue weighted by atomic mass is 16.2. The Kier molecular flexibility index (Phi) is 4.63. The average molecular weight is 235 g/mol. The molecule has 1 heterocycles. The van der Waals surface area contributed by atoms with Gasteiger partial charge in [0.15, 0.2) is 0 Å². The van der Waals surface area contributed by atoms with Gasteiger partial charge in [0.05, 0.1) is 0 Å². The van der Waals surface area contributed by atoms with Crippen molar-refractivity contribution < 1.29 is 4.79 Å². The molecule has 0 aliphatic rings. The highest BCUT2D eigenvalue weighted by molar-refractivity contribution is 5.94. The van der Waals surface area contributed by atoms with Crippen molar-refractivity contribution in [2.24, 2.45) is 11.1 Å². The Balaban J connectivity index is 2.78. The van der Waals surface area contributed by atoms with Crippen LogP contribution in [0, 0.1) is 5.41 Å². The van der Waals surface area contributed by atoms with Crippen molar-refractivity contribution in [3.63, 3.8) is 0 Å². The molecule has 94 valence electrons. The molecule has 4 heteroatoms. The number of nitrogens with zero attached hydrogens (tertiary/aromatic N) is 2. The van der Waals surface area contributed by atoms with Gasteiger partial charge in [-0.2, -0.15) is 0 Å².